The van der Waals surface area contributed by atoms with Crippen molar-refractivity contribution in [1.82, 2.24) is 10.3 Å². The smallest absolute Gasteiger partial charge is 0.101 e. The molecule has 2 aromatic rings. The van der Waals surface area contributed by atoms with Crippen LogP contribution in [-0.4, -0.2) is 11.5 Å². The minimum absolute atomic E-state index is 0.163. The van der Waals surface area contributed by atoms with Gasteiger partial charge in [0, 0.05) is 18.0 Å². The van der Waals surface area contributed by atoms with Gasteiger partial charge in [0.1, 0.15) is 5.76 Å². The number of rotatable bonds is 5. The van der Waals surface area contributed by atoms with Gasteiger partial charge in [-0.1, -0.05) is 6.92 Å². The van der Waals surface area contributed by atoms with Crippen LogP contribution >= 0.6 is 0 Å². The molecule has 1 unspecified atom stereocenters. The zero-order valence-corrected chi connectivity index (χ0v) is 11.2. The summed E-state index contributed by atoms with van der Waals surface area (Å²) in [7, 11) is 0. The molecule has 0 aliphatic rings. The molecule has 1 N–H and O–H groups in total. The van der Waals surface area contributed by atoms with Crippen molar-refractivity contribution in [3.8, 4) is 0 Å². The van der Waals surface area contributed by atoms with E-state index in [1.807, 2.05) is 31.6 Å². The second-order valence-electron chi connectivity index (χ2n) is 4.61. The van der Waals surface area contributed by atoms with Crippen molar-refractivity contribution < 1.29 is 4.42 Å². The first kappa shape index (κ1) is 12.8. The minimum Gasteiger partial charge on any atom is -0.469 e. The normalized spacial score (nSPS) is 12.6. The molecule has 1 atom stereocenters. The highest BCUT2D eigenvalue weighted by Crippen LogP contribution is 2.25. The van der Waals surface area contributed by atoms with Gasteiger partial charge < -0.3 is 9.73 Å². The number of hydrogen-bond donors (Lipinski definition) is 1. The summed E-state index contributed by atoms with van der Waals surface area (Å²) in [5, 5.41) is 3.56. The lowest BCUT2D eigenvalue weighted by molar-refractivity contribution is 0.523. The number of nitrogens with one attached hydrogen (secondary N) is 1. The SMILES string of the molecule is CCCNC(c1coc(C)c1)c1cnccc1C. The second kappa shape index (κ2) is 5.83. The number of pyridine rings is 1. The molecule has 0 saturated carbocycles. The topological polar surface area (TPSA) is 38.1 Å². The summed E-state index contributed by atoms with van der Waals surface area (Å²) in [5.74, 6) is 0.940. The Morgan fingerprint density at radius 2 is 2.22 bits per heavy atom. The predicted molar refractivity (Wildman–Crippen MR) is 72.6 cm³/mol. The zero-order chi connectivity index (χ0) is 13.0. The highest BCUT2D eigenvalue weighted by molar-refractivity contribution is 5.34. The van der Waals surface area contributed by atoms with Crippen LogP contribution in [0.25, 0.3) is 0 Å². The van der Waals surface area contributed by atoms with Crippen molar-refractivity contribution >= 4 is 0 Å². The van der Waals surface area contributed by atoms with Gasteiger partial charge in [0.2, 0.25) is 0 Å². The quantitative estimate of drug-likeness (QED) is 0.876. The average Bonchev–Trinajstić information content (AvgIpc) is 2.78. The Morgan fingerprint density at radius 3 is 2.83 bits per heavy atom. The Morgan fingerprint density at radius 1 is 1.39 bits per heavy atom. The van der Waals surface area contributed by atoms with E-state index < -0.39 is 0 Å². The largest absolute Gasteiger partial charge is 0.469 e. The van der Waals surface area contributed by atoms with Crippen LogP contribution in [-0.2, 0) is 0 Å². The van der Waals surface area contributed by atoms with Gasteiger partial charge in [-0.2, -0.15) is 0 Å². The summed E-state index contributed by atoms with van der Waals surface area (Å²) in [6.45, 7) is 7.23. The van der Waals surface area contributed by atoms with E-state index >= 15 is 0 Å². The summed E-state index contributed by atoms with van der Waals surface area (Å²) >= 11 is 0. The molecule has 2 aromatic heterocycles. The maximum atomic E-state index is 5.43. The number of aromatic nitrogens is 1. The van der Waals surface area contributed by atoms with E-state index in [0.717, 1.165) is 24.3 Å². The molecule has 2 rings (SSSR count). The van der Waals surface area contributed by atoms with Crippen molar-refractivity contribution in [3.63, 3.8) is 0 Å². The van der Waals surface area contributed by atoms with Crippen LogP contribution in [0.3, 0.4) is 0 Å². The lowest BCUT2D eigenvalue weighted by Gasteiger charge is -2.19. The van der Waals surface area contributed by atoms with E-state index in [1.54, 1.807) is 0 Å². The lowest BCUT2D eigenvalue weighted by Crippen LogP contribution is -2.23. The fourth-order valence-electron chi connectivity index (χ4n) is 2.09. The Balaban J connectivity index is 2.33. The van der Waals surface area contributed by atoms with Crippen molar-refractivity contribution in [2.75, 3.05) is 6.54 Å². The Kier molecular flexibility index (Phi) is 4.15. The van der Waals surface area contributed by atoms with Crippen LogP contribution in [0.15, 0.2) is 35.2 Å². The molecule has 0 bridgehead atoms. The third-order valence-corrected chi connectivity index (χ3v) is 3.07. The third kappa shape index (κ3) is 2.79. The van der Waals surface area contributed by atoms with Crippen LogP contribution in [0.5, 0.6) is 0 Å². The molecule has 0 radical (unpaired) electrons. The number of furan rings is 1. The van der Waals surface area contributed by atoms with E-state index in [1.165, 1.54) is 11.1 Å². The van der Waals surface area contributed by atoms with E-state index in [2.05, 4.69) is 30.2 Å². The summed E-state index contributed by atoms with van der Waals surface area (Å²) in [4.78, 5) is 4.24. The number of hydrogen-bond acceptors (Lipinski definition) is 3. The van der Waals surface area contributed by atoms with Gasteiger partial charge in [-0.15, -0.1) is 0 Å². The highest BCUT2D eigenvalue weighted by Gasteiger charge is 2.17. The first-order valence-electron chi connectivity index (χ1n) is 6.41. The summed E-state index contributed by atoms with van der Waals surface area (Å²) in [6.07, 6.45) is 6.70. The molecular weight excluding hydrogens is 224 g/mol. The van der Waals surface area contributed by atoms with Gasteiger partial charge >= 0.3 is 0 Å². The van der Waals surface area contributed by atoms with E-state index in [0.29, 0.717) is 0 Å². The first-order chi connectivity index (χ1) is 8.72. The Bertz CT molecular complexity index is 505. The number of aryl methyl sites for hydroxylation is 2. The summed E-state index contributed by atoms with van der Waals surface area (Å²) in [5.41, 5.74) is 3.63. The standard InChI is InChI=1S/C15H20N2O/c1-4-6-17-15(13-8-12(3)18-10-13)14-9-16-7-5-11(14)2/h5,7-10,15,17H,4,6H2,1-3H3. The molecule has 0 saturated heterocycles. The molecule has 18 heavy (non-hydrogen) atoms. The molecule has 0 aliphatic carbocycles. The molecule has 0 aliphatic heterocycles. The first-order valence-corrected chi connectivity index (χ1v) is 6.41. The van der Waals surface area contributed by atoms with Crippen LogP contribution in [0, 0.1) is 13.8 Å². The minimum atomic E-state index is 0.163. The zero-order valence-electron chi connectivity index (χ0n) is 11.2. The molecule has 0 aromatic carbocycles. The monoisotopic (exact) mass is 244 g/mol. The Hall–Kier alpha value is -1.61. The van der Waals surface area contributed by atoms with E-state index in [-0.39, 0.29) is 6.04 Å². The fourth-order valence-corrected chi connectivity index (χ4v) is 2.09. The van der Waals surface area contributed by atoms with Gasteiger partial charge in [-0.05, 0) is 50.1 Å². The van der Waals surface area contributed by atoms with Crippen LogP contribution in [0.1, 0.15) is 41.8 Å². The van der Waals surface area contributed by atoms with Crippen molar-refractivity contribution in [3.05, 3.63) is 53.2 Å². The van der Waals surface area contributed by atoms with Gasteiger partial charge in [-0.25, -0.2) is 0 Å². The molecule has 0 amide bonds. The molecular formula is C15H20N2O. The maximum Gasteiger partial charge on any atom is 0.101 e. The average molecular weight is 244 g/mol. The summed E-state index contributed by atoms with van der Waals surface area (Å²) in [6, 6.07) is 4.29. The van der Waals surface area contributed by atoms with Crippen LogP contribution < -0.4 is 5.32 Å². The molecule has 0 fully saturated rings. The van der Waals surface area contributed by atoms with E-state index in [4.69, 9.17) is 4.42 Å². The van der Waals surface area contributed by atoms with Gasteiger partial charge in [0.05, 0.1) is 12.3 Å². The molecule has 2 heterocycles. The third-order valence-electron chi connectivity index (χ3n) is 3.07. The lowest BCUT2D eigenvalue weighted by atomic mass is 9.98. The Labute approximate surface area is 108 Å². The van der Waals surface area contributed by atoms with Crippen molar-refractivity contribution in [2.45, 2.75) is 33.2 Å². The van der Waals surface area contributed by atoms with Crippen molar-refractivity contribution in [2.24, 2.45) is 0 Å². The molecule has 3 nitrogen and oxygen atoms in total. The summed E-state index contributed by atoms with van der Waals surface area (Å²) < 4.78 is 5.43. The second-order valence-corrected chi connectivity index (χ2v) is 4.61. The molecule has 96 valence electrons. The fraction of sp³-hybridized carbons (Fsp3) is 0.400. The van der Waals surface area contributed by atoms with Gasteiger partial charge in [-0.3, -0.25) is 4.98 Å². The predicted octanol–water partition coefficient (Wildman–Crippen LogP) is 3.38. The highest BCUT2D eigenvalue weighted by atomic mass is 16.3. The van der Waals surface area contributed by atoms with Crippen LogP contribution in [0.4, 0.5) is 0 Å². The van der Waals surface area contributed by atoms with Crippen LogP contribution in [0.2, 0.25) is 0 Å². The maximum absolute atomic E-state index is 5.43. The molecule has 3 heteroatoms. The molecule has 0 spiro atoms. The van der Waals surface area contributed by atoms with E-state index in [9.17, 15) is 0 Å². The number of nitrogens with zero attached hydrogens (tertiary/aromatic N) is 1. The van der Waals surface area contributed by atoms with Crippen molar-refractivity contribution in [1.29, 1.82) is 0 Å². The van der Waals surface area contributed by atoms with Gasteiger partial charge in [0.15, 0.2) is 0 Å². The van der Waals surface area contributed by atoms with Gasteiger partial charge in [0.25, 0.3) is 0 Å².